The van der Waals surface area contributed by atoms with Crippen molar-refractivity contribution >= 4 is 5.95 Å². The minimum absolute atomic E-state index is 0.598. The number of aliphatic hydroxyl groups is 1. The molecule has 5 heteroatoms. The van der Waals surface area contributed by atoms with E-state index in [9.17, 15) is 5.11 Å². The lowest BCUT2D eigenvalue weighted by molar-refractivity contribution is -0.0574. The maximum atomic E-state index is 10.4. The molecule has 0 amide bonds. The van der Waals surface area contributed by atoms with E-state index < -0.39 is 5.60 Å². The van der Waals surface area contributed by atoms with Gasteiger partial charge in [0.05, 0.1) is 5.60 Å². The lowest BCUT2D eigenvalue weighted by atomic mass is 9.94. The molecule has 0 saturated carbocycles. The molecule has 0 aliphatic carbocycles. The van der Waals surface area contributed by atoms with Crippen LogP contribution in [0.25, 0.3) is 0 Å². The van der Waals surface area contributed by atoms with E-state index >= 15 is 0 Å². The predicted molar refractivity (Wildman–Crippen MR) is 61.5 cm³/mol. The number of nitrogens with zero attached hydrogens (tertiary/aromatic N) is 3. The SMILES string of the molecule is CN(CC1(O)CCOCC1)c1nccn1C. The summed E-state index contributed by atoms with van der Waals surface area (Å²) in [5.41, 5.74) is -0.640. The average molecular weight is 225 g/mol. The summed E-state index contributed by atoms with van der Waals surface area (Å²) >= 11 is 0. The highest BCUT2D eigenvalue weighted by atomic mass is 16.5. The summed E-state index contributed by atoms with van der Waals surface area (Å²) in [5, 5.41) is 10.4. The van der Waals surface area contributed by atoms with Crippen LogP contribution in [0.4, 0.5) is 5.95 Å². The largest absolute Gasteiger partial charge is 0.388 e. The van der Waals surface area contributed by atoms with Crippen molar-refractivity contribution in [3.63, 3.8) is 0 Å². The Balaban J connectivity index is 2.01. The van der Waals surface area contributed by atoms with Crippen molar-refractivity contribution in [1.29, 1.82) is 0 Å². The Morgan fingerprint density at radius 3 is 2.81 bits per heavy atom. The predicted octanol–water partition coefficient (Wildman–Crippen LogP) is 0.398. The Bertz CT molecular complexity index is 345. The Kier molecular flexibility index (Phi) is 3.16. The first-order chi connectivity index (χ1) is 7.61. The first kappa shape index (κ1) is 11.4. The standard InChI is InChI=1S/C11H19N3O2/c1-13-6-5-12-10(13)14(2)9-11(15)3-7-16-8-4-11/h5-6,15H,3-4,7-9H2,1-2H3. The van der Waals surface area contributed by atoms with E-state index in [1.807, 2.05) is 29.8 Å². The van der Waals surface area contributed by atoms with Gasteiger partial charge in [-0.2, -0.15) is 0 Å². The fourth-order valence-corrected chi connectivity index (χ4v) is 2.15. The van der Waals surface area contributed by atoms with Gasteiger partial charge in [0.15, 0.2) is 0 Å². The molecule has 0 atom stereocenters. The van der Waals surface area contributed by atoms with E-state index in [0.29, 0.717) is 32.6 Å². The number of aromatic nitrogens is 2. The van der Waals surface area contributed by atoms with E-state index in [2.05, 4.69) is 4.98 Å². The highest BCUT2D eigenvalue weighted by Crippen LogP contribution is 2.22. The summed E-state index contributed by atoms with van der Waals surface area (Å²) in [6.07, 6.45) is 5.06. The van der Waals surface area contributed by atoms with Gasteiger partial charge in [-0.1, -0.05) is 0 Å². The van der Waals surface area contributed by atoms with Gasteiger partial charge in [-0.25, -0.2) is 4.98 Å². The Morgan fingerprint density at radius 2 is 2.25 bits per heavy atom. The highest BCUT2D eigenvalue weighted by molar-refractivity contribution is 5.30. The van der Waals surface area contributed by atoms with Crippen LogP contribution < -0.4 is 4.90 Å². The molecule has 1 aliphatic heterocycles. The number of anilines is 1. The number of imidazole rings is 1. The molecule has 0 unspecified atom stereocenters. The normalized spacial score (nSPS) is 19.7. The smallest absolute Gasteiger partial charge is 0.205 e. The van der Waals surface area contributed by atoms with Gasteiger partial charge < -0.3 is 19.3 Å². The number of hydrogen-bond donors (Lipinski definition) is 1. The molecule has 0 spiro atoms. The summed E-state index contributed by atoms with van der Waals surface area (Å²) in [4.78, 5) is 6.25. The quantitative estimate of drug-likeness (QED) is 0.809. The average Bonchev–Trinajstić information content (AvgIpc) is 2.65. The number of likely N-dealkylation sites (N-methyl/N-ethyl adjacent to an activating group) is 1. The van der Waals surface area contributed by atoms with Crippen molar-refractivity contribution < 1.29 is 9.84 Å². The van der Waals surface area contributed by atoms with Gasteiger partial charge in [-0.3, -0.25) is 0 Å². The summed E-state index contributed by atoms with van der Waals surface area (Å²) < 4.78 is 7.21. The van der Waals surface area contributed by atoms with Crippen molar-refractivity contribution in [2.45, 2.75) is 18.4 Å². The second-order valence-electron chi connectivity index (χ2n) is 4.53. The van der Waals surface area contributed by atoms with Crippen molar-refractivity contribution in [3.8, 4) is 0 Å². The maximum Gasteiger partial charge on any atom is 0.205 e. The summed E-state index contributed by atoms with van der Waals surface area (Å²) in [5.74, 6) is 0.875. The van der Waals surface area contributed by atoms with Crippen molar-refractivity contribution in [2.24, 2.45) is 7.05 Å². The maximum absolute atomic E-state index is 10.4. The minimum Gasteiger partial charge on any atom is -0.388 e. The number of ether oxygens (including phenoxy) is 1. The van der Waals surface area contributed by atoms with Crippen LogP contribution in [0.2, 0.25) is 0 Å². The molecule has 1 aromatic heterocycles. The zero-order valence-electron chi connectivity index (χ0n) is 9.89. The third-order valence-corrected chi connectivity index (χ3v) is 3.09. The molecule has 0 bridgehead atoms. The highest BCUT2D eigenvalue weighted by Gasteiger charge is 2.31. The zero-order chi connectivity index (χ0) is 11.6. The Labute approximate surface area is 95.7 Å². The Hall–Kier alpha value is -1.07. The molecule has 0 aromatic carbocycles. The van der Waals surface area contributed by atoms with E-state index in [1.165, 1.54) is 0 Å². The van der Waals surface area contributed by atoms with Crippen LogP contribution in [-0.2, 0) is 11.8 Å². The van der Waals surface area contributed by atoms with Gasteiger partial charge in [-0.05, 0) is 0 Å². The summed E-state index contributed by atoms with van der Waals surface area (Å²) in [6, 6.07) is 0. The molecule has 1 N–H and O–H groups in total. The van der Waals surface area contributed by atoms with Gasteiger partial charge in [0, 0.05) is 59.1 Å². The summed E-state index contributed by atoms with van der Waals surface area (Å²) in [6.45, 7) is 1.89. The van der Waals surface area contributed by atoms with Crippen molar-refractivity contribution in [1.82, 2.24) is 9.55 Å². The second-order valence-corrected chi connectivity index (χ2v) is 4.53. The van der Waals surface area contributed by atoms with Crippen LogP contribution in [0.1, 0.15) is 12.8 Å². The fraction of sp³-hybridized carbons (Fsp3) is 0.727. The molecule has 90 valence electrons. The molecule has 0 radical (unpaired) electrons. The molecular formula is C11H19N3O2. The molecule has 1 saturated heterocycles. The molecular weight excluding hydrogens is 206 g/mol. The number of aryl methyl sites for hydroxylation is 1. The van der Waals surface area contributed by atoms with Crippen LogP contribution in [0, 0.1) is 0 Å². The number of rotatable bonds is 3. The zero-order valence-corrected chi connectivity index (χ0v) is 9.89. The van der Waals surface area contributed by atoms with Crippen molar-refractivity contribution in [2.75, 3.05) is 31.7 Å². The molecule has 2 rings (SSSR count). The molecule has 1 fully saturated rings. The lowest BCUT2D eigenvalue weighted by Crippen LogP contribution is -2.46. The molecule has 5 nitrogen and oxygen atoms in total. The van der Waals surface area contributed by atoms with E-state index in [1.54, 1.807) is 6.20 Å². The molecule has 2 heterocycles. The van der Waals surface area contributed by atoms with Gasteiger partial charge in [0.25, 0.3) is 0 Å². The van der Waals surface area contributed by atoms with Crippen LogP contribution in [-0.4, -0.2) is 47.1 Å². The topological polar surface area (TPSA) is 50.5 Å². The monoisotopic (exact) mass is 225 g/mol. The van der Waals surface area contributed by atoms with Crippen LogP contribution in [0.3, 0.4) is 0 Å². The molecule has 1 aliphatic rings. The van der Waals surface area contributed by atoms with Gasteiger partial charge >= 0.3 is 0 Å². The van der Waals surface area contributed by atoms with Gasteiger partial charge in [0.2, 0.25) is 5.95 Å². The van der Waals surface area contributed by atoms with E-state index in [4.69, 9.17) is 4.74 Å². The van der Waals surface area contributed by atoms with Gasteiger partial charge in [0.1, 0.15) is 0 Å². The first-order valence-electron chi connectivity index (χ1n) is 5.59. The number of hydrogen-bond acceptors (Lipinski definition) is 4. The Morgan fingerprint density at radius 1 is 1.56 bits per heavy atom. The van der Waals surface area contributed by atoms with Crippen LogP contribution in [0.15, 0.2) is 12.4 Å². The van der Waals surface area contributed by atoms with Gasteiger partial charge in [-0.15, -0.1) is 0 Å². The summed E-state index contributed by atoms with van der Waals surface area (Å²) in [7, 11) is 3.91. The minimum atomic E-state index is -0.640. The molecule has 16 heavy (non-hydrogen) atoms. The van der Waals surface area contributed by atoms with Crippen molar-refractivity contribution in [3.05, 3.63) is 12.4 Å². The van der Waals surface area contributed by atoms with Crippen LogP contribution >= 0.6 is 0 Å². The lowest BCUT2D eigenvalue weighted by Gasteiger charge is -2.35. The van der Waals surface area contributed by atoms with Crippen LogP contribution in [0.5, 0.6) is 0 Å². The second kappa shape index (κ2) is 4.43. The third-order valence-electron chi connectivity index (χ3n) is 3.09. The van der Waals surface area contributed by atoms with E-state index in [-0.39, 0.29) is 0 Å². The van der Waals surface area contributed by atoms with E-state index in [0.717, 1.165) is 5.95 Å². The fourth-order valence-electron chi connectivity index (χ4n) is 2.15. The molecule has 1 aromatic rings. The third kappa shape index (κ3) is 2.36. The first-order valence-corrected chi connectivity index (χ1v) is 5.59.